The van der Waals surface area contributed by atoms with Gasteiger partial charge < -0.3 is 19.1 Å². The van der Waals surface area contributed by atoms with Crippen LogP contribution in [0.4, 0.5) is 0 Å². The summed E-state index contributed by atoms with van der Waals surface area (Å²) in [6.07, 6.45) is 3.20. The summed E-state index contributed by atoms with van der Waals surface area (Å²) in [6, 6.07) is 13.7. The molecule has 1 saturated heterocycles. The van der Waals surface area contributed by atoms with Crippen molar-refractivity contribution in [1.29, 1.82) is 0 Å². The van der Waals surface area contributed by atoms with Gasteiger partial charge in [-0.2, -0.15) is 0 Å². The van der Waals surface area contributed by atoms with Crippen LogP contribution in [-0.2, 0) is 4.74 Å². The van der Waals surface area contributed by atoms with Crippen molar-refractivity contribution in [2.45, 2.75) is 32.3 Å². The van der Waals surface area contributed by atoms with E-state index in [1.165, 1.54) is 0 Å². The van der Waals surface area contributed by atoms with E-state index < -0.39 is 0 Å². The van der Waals surface area contributed by atoms with Crippen molar-refractivity contribution in [2.75, 3.05) is 26.5 Å². The standard InChI is InChI=1S/C22H25NO4/c1-2-12-25-19-4-3-11-23(14-19)22(24)17-7-5-16(6-8-17)18-9-10-20-21(13-18)27-15-26-20/h5-10,13,19H,2-4,11-12,14-15H2,1H3/t19-/m0/s1. The van der Waals surface area contributed by atoms with Crippen LogP contribution in [0.5, 0.6) is 11.5 Å². The van der Waals surface area contributed by atoms with Gasteiger partial charge in [-0.1, -0.05) is 25.1 Å². The van der Waals surface area contributed by atoms with E-state index in [2.05, 4.69) is 6.92 Å². The zero-order valence-electron chi connectivity index (χ0n) is 15.6. The highest BCUT2D eigenvalue weighted by Gasteiger charge is 2.25. The lowest BCUT2D eigenvalue weighted by Crippen LogP contribution is -2.43. The van der Waals surface area contributed by atoms with Crippen molar-refractivity contribution in [1.82, 2.24) is 4.90 Å². The second kappa shape index (κ2) is 8.01. The van der Waals surface area contributed by atoms with Gasteiger partial charge in [0.2, 0.25) is 6.79 Å². The van der Waals surface area contributed by atoms with E-state index in [-0.39, 0.29) is 18.8 Å². The van der Waals surface area contributed by atoms with Crippen LogP contribution in [-0.4, -0.2) is 43.4 Å². The van der Waals surface area contributed by atoms with E-state index in [0.717, 1.165) is 60.6 Å². The normalized spacial score (nSPS) is 18.6. The van der Waals surface area contributed by atoms with Gasteiger partial charge in [-0.3, -0.25) is 4.79 Å². The summed E-state index contributed by atoms with van der Waals surface area (Å²) in [5.74, 6) is 1.62. The second-order valence-electron chi connectivity index (χ2n) is 7.03. The maximum absolute atomic E-state index is 12.9. The van der Waals surface area contributed by atoms with Crippen LogP contribution < -0.4 is 9.47 Å². The molecule has 2 aromatic carbocycles. The zero-order valence-corrected chi connectivity index (χ0v) is 15.6. The predicted molar refractivity (Wildman–Crippen MR) is 103 cm³/mol. The Bertz CT molecular complexity index is 802. The molecule has 2 aromatic rings. The second-order valence-corrected chi connectivity index (χ2v) is 7.03. The van der Waals surface area contributed by atoms with Crippen molar-refractivity contribution < 1.29 is 19.0 Å². The molecule has 0 aromatic heterocycles. The molecule has 0 bridgehead atoms. The van der Waals surface area contributed by atoms with Gasteiger partial charge >= 0.3 is 0 Å². The topological polar surface area (TPSA) is 48.0 Å². The van der Waals surface area contributed by atoms with Gasteiger partial charge in [0.1, 0.15) is 0 Å². The highest BCUT2D eigenvalue weighted by molar-refractivity contribution is 5.94. The third kappa shape index (κ3) is 3.93. The molecule has 1 fully saturated rings. The monoisotopic (exact) mass is 367 g/mol. The summed E-state index contributed by atoms with van der Waals surface area (Å²) in [6.45, 7) is 4.62. The highest BCUT2D eigenvalue weighted by Crippen LogP contribution is 2.36. The quantitative estimate of drug-likeness (QED) is 0.798. The number of hydrogen-bond donors (Lipinski definition) is 0. The van der Waals surface area contributed by atoms with Crippen LogP contribution in [0.2, 0.25) is 0 Å². The number of carbonyl (C=O) groups is 1. The zero-order chi connectivity index (χ0) is 18.6. The van der Waals surface area contributed by atoms with Gasteiger partial charge in [-0.15, -0.1) is 0 Å². The van der Waals surface area contributed by atoms with E-state index in [4.69, 9.17) is 14.2 Å². The molecule has 5 nitrogen and oxygen atoms in total. The lowest BCUT2D eigenvalue weighted by molar-refractivity contribution is 0.00211. The van der Waals surface area contributed by atoms with Crippen molar-refractivity contribution in [3.63, 3.8) is 0 Å². The molecule has 2 aliphatic rings. The fraction of sp³-hybridized carbons (Fsp3) is 0.409. The molecule has 2 aliphatic heterocycles. The largest absolute Gasteiger partial charge is 0.454 e. The highest BCUT2D eigenvalue weighted by atomic mass is 16.7. The lowest BCUT2D eigenvalue weighted by Gasteiger charge is -2.32. The Morgan fingerprint density at radius 2 is 1.89 bits per heavy atom. The van der Waals surface area contributed by atoms with E-state index >= 15 is 0 Å². The summed E-state index contributed by atoms with van der Waals surface area (Å²) in [7, 11) is 0. The average Bonchev–Trinajstić information content (AvgIpc) is 3.20. The Morgan fingerprint density at radius 3 is 2.70 bits per heavy atom. The molecule has 27 heavy (non-hydrogen) atoms. The summed E-state index contributed by atoms with van der Waals surface area (Å²) in [5.41, 5.74) is 2.81. The number of nitrogens with zero attached hydrogens (tertiary/aromatic N) is 1. The SMILES string of the molecule is CCCO[C@H]1CCCN(C(=O)c2ccc(-c3ccc4c(c3)OCO4)cc2)C1. The van der Waals surface area contributed by atoms with Crippen LogP contribution in [0.1, 0.15) is 36.5 Å². The first-order valence-corrected chi connectivity index (χ1v) is 9.65. The maximum atomic E-state index is 12.9. The van der Waals surface area contributed by atoms with E-state index in [1.807, 2.05) is 47.4 Å². The Balaban J connectivity index is 1.44. The van der Waals surface area contributed by atoms with Crippen LogP contribution in [0, 0.1) is 0 Å². The minimum Gasteiger partial charge on any atom is -0.454 e. The molecular formula is C22H25NO4. The Hall–Kier alpha value is -2.53. The molecule has 5 heteroatoms. The van der Waals surface area contributed by atoms with Gasteiger partial charge in [0, 0.05) is 25.3 Å². The third-order valence-corrected chi connectivity index (χ3v) is 5.06. The Labute approximate surface area is 159 Å². The molecule has 142 valence electrons. The minimum atomic E-state index is 0.0806. The smallest absolute Gasteiger partial charge is 0.253 e. The number of ether oxygens (including phenoxy) is 3. The number of amides is 1. The summed E-state index contributed by atoms with van der Waals surface area (Å²) < 4.78 is 16.6. The molecule has 0 aliphatic carbocycles. The Kier molecular flexibility index (Phi) is 5.30. The summed E-state index contributed by atoms with van der Waals surface area (Å²) in [4.78, 5) is 14.8. The van der Waals surface area contributed by atoms with E-state index in [1.54, 1.807) is 0 Å². The number of hydrogen-bond acceptors (Lipinski definition) is 4. The van der Waals surface area contributed by atoms with Crippen molar-refractivity contribution >= 4 is 5.91 Å². The first-order valence-electron chi connectivity index (χ1n) is 9.65. The first-order chi connectivity index (χ1) is 13.2. The molecule has 0 radical (unpaired) electrons. The van der Waals surface area contributed by atoms with Crippen molar-refractivity contribution in [2.24, 2.45) is 0 Å². The Morgan fingerprint density at radius 1 is 1.11 bits per heavy atom. The molecule has 2 heterocycles. The molecule has 1 atom stereocenters. The number of likely N-dealkylation sites (tertiary alicyclic amines) is 1. The first kappa shape index (κ1) is 17.9. The predicted octanol–water partition coefficient (Wildman–Crippen LogP) is 4.11. The molecular weight excluding hydrogens is 342 g/mol. The molecule has 1 amide bonds. The summed E-state index contributed by atoms with van der Waals surface area (Å²) >= 11 is 0. The molecule has 0 spiro atoms. The van der Waals surface area contributed by atoms with Crippen LogP contribution >= 0.6 is 0 Å². The molecule has 4 rings (SSSR count). The lowest BCUT2D eigenvalue weighted by atomic mass is 10.0. The van der Waals surface area contributed by atoms with E-state index in [0.29, 0.717) is 6.54 Å². The summed E-state index contributed by atoms with van der Waals surface area (Å²) in [5, 5.41) is 0. The number of rotatable bonds is 5. The fourth-order valence-corrected chi connectivity index (χ4v) is 3.61. The molecule has 0 N–H and O–H groups in total. The van der Waals surface area contributed by atoms with Gasteiger partial charge in [0.25, 0.3) is 5.91 Å². The fourth-order valence-electron chi connectivity index (χ4n) is 3.61. The van der Waals surface area contributed by atoms with Gasteiger partial charge in [0.15, 0.2) is 11.5 Å². The van der Waals surface area contributed by atoms with Crippen molar-refractivity contribution in [3.8, 4) is 22.6 Å². The molecule has 0 saturated carbocycles. The maximum Gasteiger partial charge on any atom is 0.253 e. The van der Waals surface area contributed by atoms with Crippen LogP contribution in [0.15, 0.2) is 42.5 Å². The van der Waals surface area contributed by atoms with Crippen molar-refractivity contribution in [3.05, 3.63) is 48.0 Å². The van der Waals surface area contributed by atoms with Crippen LogP contribution in [0.25, 0.3) is 11.1 Å². The average molecular weight is 367 g/mol. The third-order valence-electron chi connectivity index (χ3n) is 5.06. The van der Waals surface area contributed by atoms with Gasteiger partial charge in [-0.25, -0.2) is 0 Å². The van der Waals surface area contributed by atoms with E-state index in [9.17, 15) is 4.79 Å². The van der Waals surface area contributed by atoms with Gasteiger partial charge in [0.05, 0.1) is 6.10 Å². The van der Waals surface area contributed by atoms with Crippen LogP contribution in [0.3, 0.4) is 0 Å². The number of piperidine rings is 1. The minimum absolute atomic E-state index is 0.0806. The number of benzene rings is 2. The van der Waals surface area contributed by atoms with Gasteiger partial charge in [-0.05, 0) is 54.7 Å². The number of carbonyl (C=O) groups excluding carboxylic acids is 1. The molecule has 0 unspecified atom stereocenters. The number of fused-ring (bicyclic) bond motifs is 1.